The zero-order valence-electron chi connectivity index (χ0n) is 4.35. The molecule has 1 nitrogen and oxygen atoms in total. The van der Waals surface area contributed by atoms with Crippen LogP contribution in [0, 0.1) is 6.92 Å². The van der Waals surface area contributed by atoms with Gasteiger partial charge in [0.2, 0.25) is 0 Å². The Kier molecular flexibility index (Phi) is 0.675. The van der Waals surface area contributed by atoms with Crippen molar-refractivity contribution < 1.29 is 5.84 Å². The first-order valence-corrected chi connectivity index (χ1v) is 1.74. The van der Waals surface area contributed by atoms with E-state index in [1.807, 2.05) is 0 Å². The van der Waals surface area contributed by atoms with Crippen LogP contribution in [-0.2, 0) is 0 Å². The maximum Gasteiger partial charge on any atom is 1.00 e. The van der Waals surface area contributed by atoms with Crippen LogP contribution in [0.3, 0.4) is 0 Å². The highest BCUT2D eigenvalue weighted by molar-refractivity contribution is 5.07. The summed E-state index contributed by atoms with van der Waals surface area (Å²) in [6, 6.07) is 1.81. The summed E-state index contributed by atoms with van der Waals surface area (Å²) in [4.78, 5) is 0. The SMILES string of the molecule is [CH2]c1ccoc1.[H+]. The third-order valence-electron chi connectivity index (χ3n) is 0.580. The Morgan fingerprint density at radius 2 is 2.67 bits per heavy atom. The van der Waals surface area contributed by atoms with Gasteiger partial charge >= 0.3 is 1.43 Å². The molecule has 31 valence electrons. The molecule has 0 atom stereocenters. The fourth-order valence-corrected chi connectivity index (χ4v) is 0.293. The highest BCUT2D eigenvalue weighted by Gasteiger charge is 1.76. The molecule has 1 aromatic heterocycles. The van der Waals surface area contributed by atoms with Gasteiger partial charge in [-0.05, 0) is 18.6 Å². The van der Waals surface area contributed by atoms with Crippen molar-refractivity contribution in [3.05, 3.63) is 31.1 Å². The maximum absolute atomic E-state index is 4.65. The molecule has 0 unspecified atom stereocenters. The summed E-state index contributed by atoms with van der Waals surface area (Å²) in [7, 11) is 0. The molecule has 0 bridgehead atoms. The number of hydrogen-bond acceptors (Lipinski definition) is 1. The minimum absolute atomic E-state index is 0. The van der Waals surface area contributed by atoms with Crippen LogP contribution < -0.4 is 0 Å². The molecular formula is C5H6O+. The molecule has 0 aromatic carbocycles. The third kappa shape index (κ3) is 0.432. The minimum atomic E-state index is 0. The molecule has 0 aliphatic heterocycles. The number of hydrogen-bond donors (Lipinski definition) is 0. The highest BCUT2D eigenvalue weighted by atomic mass is 16.3. The summed E-state index contributed by atoms with van der Waals surface area (Å²) in [6.07, 6.45) is 3.20. The molecule has 1 radical (unpaired) electrons. The zero-order valence-corrected chi connectivity index (χ0v) is 3.35. The Hall–Kier alpha value is -0.720. The quantitative estimate of drug-likeness (QED) is 0.463. The lowest BCUT2D eigenvalue weighted by Gasteiger charge is -1.63. The Bertz CT molecular complexity index is 112. The predicted octanol–water partition coefficient (Wildman–Crippen LogP) is 1.57. The topological polar surface area (TPSA) is 13.1 Å². The van der Waals surface area contributed by atoms with E-state index in [1.54, 1.807) is 18.6 Å². The van der Waals surface area contributed by atoms with Crippen molar-refractivity contribution in [1.82, 2.24) is 0 Å². The van der Waals surface area contributed by atoms with E-state index < -0.39 is 0 Å². The van der Waals surface area contributed by atoms with Crippen LogP contribution in [0.5, 0.6) is 0 Å². The molecule has 0 N–H and O–H groups in total. The van der Waals surface area contributed by atoms with Crippen LogP contribution in [0.4, 0.5) is 0 Å². The van der Waals surface area contributed by atoms with Crippen molar-refractivity contribution in [2.24, 2.45) is 0 Å². The van der Waals surface area contributed by atoms with Crippen LogP contribution in [0.1, 0.15) is 6.99 Å². The minimum Gasteiger partial charge on any atom is -0.472 e. The van der Waals surface area contributed by atoms with Crippen molar-refractivity contribution in [3.8, 4) is 0 Å². The monoisotopic (exact) mass is 82.0 g/mol. The lowest BCUT2D eigenvalue weighted by molar-refractivity contribution is 0.566. The molecule has 0 saturated carbocycles. The smallest absolute Gasteiger partial charge is 0.472 e. The van der Waals surface area contributed by atoms with E-state index in [0.29, 0.717) is 0 Å². The second-order valence-electron chi connectivity index (χ2n) is 1.13. The molecule has 0 aliphatic rings. The summed E-state index contributed by atoms with van der Waals surface area (Å²) in [5.41, 5.74) is 0.926. The average Bonchev–Trinajstić information content (AvgIpc) is 1.86. The molecular weight excluding hydrogens is 76.1 g/mol. The van der Waals surface area contributed by atoms with E-state index >= 15 is 0 Å². The summed E-state index contributed by atoms with van der Waals surface area (Å²) in [5, 5.41) is 0. The van der Waals surface area contributed by atoms with Crippen molar-refractivity contribution in [2.45, 2.75) is 0 Å². The van der Waals surface area contributed by atoms with Crippen LogP contribution in [-0.4, -0.2) is 0 Å². The van der Waals surface area contributed by atoms with Crippen LogP contribution >= 0.6 is 0 Å². The van der Waals surface area contributed by atoms with E-state index in [2.05, 4.69) is 11.3 Å². The Labute approximate surface area is 38.1 Å². The Morgan fingerprint density at radius 1 is 1.83 bits per heavy atom. The van der Waals surface area contributed by atoms with Crippen molar-refractivity contribution in [1.29, 1.82) is 0 Å². The molecule has 1 rings (SSSR count). The molecule has 0 amide bonds. The third-order valence-corrected chi connectivity index (χ3v) is 0.580. The maximum atomic E-state index is 4.65. The highest BCUT2D eigenvalue weighted by Crippen LogP contribution is 1.93. The van der Waals surface area contributed by atoms with Gasteiger partial charge in [0.1, 0.15) is 0 Å². The van der Waals surface area contributed by atoms with E-state index in [9.17, 15) is 0 Å². The molecule has 0 aliphatic carbocycles. The van der Waals surface area contributed by atoms with Gasteiger partial charge in [0.05, 0.1) is 12.5 Å². The predicted molar refractivity (Wildman–Crippen MR) is 24.3 cm³/mol. The van der Waals surface area contributed by atoms with Gasteiger partial charge in [-0.3, -0.25) is 0 Å². The zero-order chi connectivity index (χ0) is 4.41. The average molecular weight is 82.1 g/mol. The van der Waals surface area contributed by atoms with Crippen molar-refractivity contribution in [2.75, 3.05) is 0 Å². The van der Waals surface area contributed by atoms with Gasteiger partial charge in [0.25, 0.3) is 0 Å². The largest absolute Gasteiger partial charge is 1.00 e. The second kappa shape index (κ2) is 1.17. The van der Waals surface area contributed by atoms with E-state index in [-0.39, 0.29) is 1.43 Å². The van der Waals surface area contributed by atoms with Gasteiger partial charge in [-0.2, -0.15) is 0 Å². The van der Waals surface area contributed by atoms with E-state index in [1.165, 1.54) is 0 Å². The van der Waals surface area contributed by atoms with Crippen molar-refractivity contribution >= 4 is 0 Å². The summed E-state index contributed by atoms with van der Waals surface area (Å²) in [5.74, 6) is 0. The van der Waals surface area contributed by atoms with Crippen LogP contribution in [0.25, 0.3) is 0 Å². The van der Waals surface area contributed by atoms with Gasteiger partial charge in [-0.1, -0.05) is 0 Å². The van der Waals surface area contributed by atoms with Crippen LogP contribution in [0.2, 0.25) is 0 Å². The fourth-order valence-electron chi connectivity index (χ4n) is 0.293. The molecule has 0 fully saturated rings. The first-order valence-electron chi connectivity index (χ1n) is 1.74. The number of furan rings is 1. The van der Waals surface area contributed by atoms with Gasteiger partial charge < -0.3 is 4.42 Å². The van der Waals surface area contributed by atoms with Gasteiger partial charge in [-0.25, -0.2) is 0 Å². The van der Waals surface area contributed by atoms with Gasteiger partial charge in [-0.15, -0.1) is 0 Å². The summed E-state index contributed by atoms with van der Waals surface area (Å²) < 4.78 is 4.65. The molecule has 0 saturated heterocycles. The van der Waals surface area contributed by atoms with Crippen molar-refractivity contribution in [3.63, 3.8) is 0 Å². The lowest BCUT2D eigenvalue weighted by Crippen LogP contribution is -1.48. The first kappa shape index (κ1) is 3.47. The molecule has 0 spiro atoms. The van der Waals surface area contributed by atoms with Gasteiger partial charge in [0.15, 0.2) is 0 Å². The molecule has 1 aromatic rings. The second-order valence-corrected chi connectivity index (χ2v) is 1.13. The fraction of sp³-hybridized carbons (Fsp3) is 0. The normalized spacial score (nSPS) is 8.83. The summed E-state index contributed by atoms with van der Waals surface area (Å²) >= 11 is 0. The van der Waals surface area contributed by atoms with Crippen LogP contribution in [0.15, 0.2) is 23.0 Å². The molecule has 1 heterocycles. The standard InChI is InChI=1S/C5H5O/c1-5-2-3-6-4-5/h2-4H,1H2/p+1. The van der Waals surface area contributed by atoms with Gasteiger partial charge in [0, 0.05) is 0 Å². The molecule has 1 heteroatoms. The number of rotatable bonds is 0. The lowest BCUT2D eigenvalue weighted by atomic mass is 10.4. The van der Waals surface area contributed by atoms with E-state index in [0.717, 1.165) is 5.56 Å². The molecule has 6 heavy (non-hydrogen) atoms. The Balaban J connectivity index is 0.000000360. The summed E-state index contributed by atoms with van der Waals surface area (Å²) in [6.45, 7) is 3.59. The van der Waals surface area contributed by atoms with E-state index in [4.69, 9.17) is 0 Å². The first-order chi connectivity index (χ1) is 2.89. The Morgan fingerprint density at radius 3 is 2.83 bits per heavy atom.